The van der Waals surface area contributed by atoms with E-state index in [1.165, 1.54) is 0 Å². The van der Waals surface area contributed by atoms with Gasteiger partial charge < -0.3 is 9.64 Å². The number of hydrogen-bond acceptors (Lipinski definition) is 6. The van der Waals surface area contributed by atoms with Gasteiger partial charge in [0.1, 0.15) is 18.2 Å². The van der Waals surface area contributed by atoms with Crippen molar-refractivity contribution >= 4 is 41.1 Å². The normalized spacial score (nSPS) is 16.0. The number of ether oxygens (including phenoxy) is 1. The fourth-order valence-electron chi connectivity index (χ4n) is 2.46. The van der Waals surface area contributed by atoms with Gasteiger partial charge in [0.05, 0.1) is 11.8 Å². The molecule has 1 saturated heterocycles. The zero-order valence-electron chi connectivity index (χ0n) is 14.3. The minimum absolute atomic E-state index is 0. The van der Waals surface area contributed by atoms with Gasteiger partial charge in [-0.15, -0.1) is 12.4 Å². The van der Waals surface area contributed by atoms with Crippen molar-refractivity contribution in [2.24, 2.45) is 0 Å². The third-order valence-corrected chi connectivity index (χ3v) is 4.83. The van der Waals surface area contributed by atoms with Crippen LogP contribution in [0.15, 0.2) is 48.7 Å². The smallest absolute Gasteiger partial charge is 0.286 e. The van der Waals surface area contributed by atoms with Gasteiger partial charge in [0, 0.05) is 13.2 Å². The standard InChI is InChI=1S/C18H19N3O3S.ClH/c1-21(16-4-2-3-9-19-16)10-11-24-14-7-5-13(6-8-14)12-15-17(22)20-18(23)25-15;/h2-9,15H,10-12H2,1H3,(H,20,22,23);1H. The molecule has 1 aliphatic heterocycles. The van der Waals surface area contributed by atoms with Crippen molar-refractivity contribution < 1.29 is 14.3 Å². The number of nitrogens with zero attached hydrogens (tertiary/aromatic N) is 2. The largest absolute Gasteiger partial charge is 0.492 e. The van der Waals surface area contributed by atoms with Crippen LogP contribution in [0.2, 0.25) is 0 Å². The van der Waals surface area contributed by atoms with Crippen molar-refractivity contribution in [3.8, 4) is 5.75 Å². The van der Waals surface area contributed by atoms with Gasteiger partial charge in [-0.2, -0.15) is 0 Å². The van der Waals surface area contributed by atoms with Crippen molar-refractivity contribution in [3.63, 3.8) is 0 Å². The van der Waals surface area contributed by atoms with Crippen LogP contribution < -0.4 is 15.0 Å². The maximum absolute atomic E-state index is 11.6. The number of carbonyl (C=O) groups is 2. The third kappa shape index (κ3) is 5.37. The van der Waals surface area contributed by atoms with Gasteiger partial charge in [0.25, 0.3) is 5.24 Å². The van der Waals surface area contributed by atoms with E-state index in [9.17, 15) is 9.59 Å². The Bertz CT molecular complexity index is 743. The number of nitrogens with one attached hydrogen (secondary N) is 1. The minimum Gasteiger partial charge on any atom is -0.492 e. The fourth-order valence-corrected chi connectivity index (χ4v) is 3.32. The Morgan fingerprint density at radius 1 is 1.19 bits per heavy atom. The van der Waals surface area contributed by atoms with Gasteiger partial charge in [0.15, 0.2) is 0 Å². The molecule has 0 spiro atoms. The summed E-state index contributed by atoms with van der Waals surface area (Å²) >= 11 is 1.05. The highest BCUT2D eigenvalue weighted by molar-refractivity contribution is 8.15. The Hall–Kier alpha value is -2.25. The molecule has 1 aliphatic rings. The first-order valence-electron chi connectivity index (χ1n) is 7.97. The average Bonchev–Trinajstić information content (AvgIpc) is 2.94. The second kappa shape index (κ2) is 9.45. The van der Waals surface area contributed by atoms with Crippen LogP contribution in [0.25, 0.3) is 0 Å². The Kier molecular flexibility index (Phi) is 7.29. The third-order valence-electron chi connectivity index (χ3n) is 3.85. The Balaban J connectivity index is 0.00000243. The molecule has 2 amide bonds. The van der Waals surface area contributed by atoms with Crippen LogP contribution in [-0.2, 0) is 11.2 Å². The van der Waals surface area contributed by atoms with E-state index in [0.717, 1.165) is 35.4 Å². The molecular formula is C18H20ClN3O3S. The summed E-state index contributed by atoms with van der Waals surface area (Å²) in [5, 5.41) is 1.69. The lowest BCUT2D eigenvalue weighted by Crippen LogP contribution is -2.25. The number of carbonyl (C=O) groups excluding carboxylic acids is 2. The van der Waals surface area contributed by atoms with Crippen LogP contribution in [0.3, 0.4) is 0 Å². The fraction of sp³-hybridized carbons (Fsp3) is 0.278. The number of hydrogen-bond donors (Lipinski definition) is 1. The van der Waals surface area contributed by atoms with Crippen LogP contribution in [0.1, 0.15) is 5.56 Å². The van der Waals surface area contributed by atoms with Crippen molar-refractivity contribution in [1.82, 2.24) is 10.3 Å². The predicted octanol–water partition coefficient (Wildman–Crippen LogP) is 2.91. The molecule has 3 rings (SSSR count). The van der Waals surface area contributed by atoms with Gasteiger partial charge in [-0.25, -0.2) is 4.98 Å². The minimum atomic E-state index is -0.341. The van der Waals surface area contributed by atoms with Gasteiger partial charge >= 0.3 is 0 Å². The summed E-state index contributed by atoms with van der Waals surface area (Å²) in [7, 11) is 1.97. The lowest BCUT2D eigenvalue weighted by molar-refractivity contribution is -0.118. The number of aromatic nitrogens is 1. The van der Waals surface area contributed by atoms with Crippen LogP contribution in [0, 0.1) is 0 Å². The lowest BCUT2D eigenvalue weighted by atomic mass is 10.1. The molecule has 0 radical (unpaired) electrons. The summed E-state index contributed by atoms with van der Waals surface area (Å²) in [5.74, 6) is 1.47. The number of thioether (sulfide) groups is 1. The number of anilines is 1. The van der Waals surface area contributed by atoms with E-state index < -0.39 is 0 Å². The number of rotatable bonds is 7. The number of benzene rings is 1. The highest BCUT2D eigenvalue weighted by Gasteiger charge is 2.31. The second-order valence-electron chi connectivity index (χ2n) is 5.69. The van der Waals surface area contributed by atoms with Crippen molar-refractivity contribution in [2.75, 3.05) is 25.1 Å². The van der Waals surface area contributed by atoms with Gasteiger partial charge in [0.2, 0.25) is 5.91 Å². The van der Waals surface area contributed by atoms with Crippen LogP contribution in [0.5, 0.6) is 5.75 Å². The Labute approximate surface area is 162 Å². The topological polar surface area (TPSA) is 71.5 Å². The van der Waals surface area contributed by atoms with E-state index in [1.54, 1.807) is 6.20 Å². The molecule has 2 aromatic rings. The summed E-state index contributed by atoms with van der Waals surface area (Å²) in [4.78, 5) is 29.1. The Morgan fingerprint density at radius 2 is 1.96 bits per heavy atom. The Morgan fingerprint density at radius 3 is 2.58 bits per heavy atom. The number of halogens is 1. The summed E-state index contributed by atoms with van der Waals surface area (Å²) in [6, 6.07) is 13.4. The van der Waals surface area contributed by atoms with E-state index in [4.69, 9.17) is 4.74 Å². The molecule has 1 aromatic carbocycles. The van der Waals surface area contributed by atoms with Gasteiger partial charge in [-0.3, -0.25) is 14.9 Å². The number of imide groups is 1. The number of pyridine rings is 1. The summed E-state index contributed by atoms with van der Waals surface area (Å²) in [6.07, 6.45) is 2.30. The predicted molar refractivity (Wildman–Crippen MR) is 105 cm³/mol. The SMILES string of the molecule is CN(CCOc1ccc(CC2SC(=O)NC2=O)cc1)c1ccccn1.Cl. The van der Waals surface area contributed by atoms with Crippen LogP contribution >= 0.6 is 24.2 Å². The van der Waals surface area contributed by atoms with Crippen LogP contribution in [-0.4, -0.2) is 41.6 Å². The van der Waals surface area contributed by atoms with Gasteiger partial charge in [-0.05, 0) is 36.2 Å². The van der Waals surface area contributed by atoms with Crippen LogP contribution in [0.4, 0.5) is 10.6 Å². The molecule has 1 atom stereocenters. The molecule has 1 unspecified atom stereocenters. The zero-order valence-corrected chi connectivity index (χ0v) is 15.9. The summed E-state index contributed by atoms with van der Waals surface area (Å²) in [5.41, 5.74) is 1.00. The van der Waals surface area contributed by atoms with Gasteiger partial charge in [-0.1, -0.05) is 30.0 Å². The quantitative estimate of drug-likeness (QED) is 0.779. The molecule has 0 aliphatic carbocycles. The van der Waals surface area contributed by atoms with E-state index in [-0.39, 0.29) is 28.8 Å². The first-order chi connectivity index (χ1) is 12.1. The highest BCUT2D eigenvalue weighted by atomic mass is 35.5. The molecule has 1 aromatic heterocycles. The first kappa shape index (κ1) is 20.1. The molecular weight excluding hydrogens is 374 g/mol. The van der Waals surface area contributed by atoms with Crippen molar-refractivity contribution in [2.45, 2.75) is 11.7 Å². The number of amides is 2. The molecule has 0 saturated carbocycles. The highest BCUT2D eigenvalue weighted by Crippen LogP contribution is 2.23. The van der Waals surface area contributed by atoms with E-state index in [0.29, 0.717) is 13.0 Å². The maximum atomic E-state index is 11.6. The first-order valence-corrected chi connectivity index (χ1v) is 8.85. The van der Waals surface area contributed by atoms with Crippen molar-refractivity contribution in [3.05, 3.63) is 54.2 Å². The monoisotopic (exact) mass is 393 g/mol. The molecule has 0 bridgehead atoms. The average molecular weight is 394 g/mol. The van der Waals surface area contributed by atoms with E-state index in [1.807, 2.05) is 54.4 Å². The molecule has 8 heteroatoms. The molecule has 2 heterocycles. The van der Waals surface area contributed by atoms with Crippen molar-refractivity contribution in [1.29, 1.82) is 0 Å². The number of likely N-dealkylation sites (N-methyl/N-ethyl adjacent to an activating group) is 1. The summed E-state index contributed by atoms with van der Waals surface area (Å²) < 4.78 is 5.75. The maximum Gasteiger partial charge on any atom is 0.286 e. The van der Waals surface area contributed by atoms with E-state index >= 15 is 0 Å². The summed E-state index contributed by atoms with van der Waals surface area (Å²) in [6.45, 7) is 1.27. The van der Waals surface area contributed by atoms with E-state index in [2.05, 4.69) is 10.3 Å². The molecule has 1 N–H and O–H groups in total. The molecule has 138 valence electrons. The lowest BCUT2D eigenvalue weighted by Gasteiger charge is -2.18. The molecule has 26 heavy (non-hydrogen) atoms. The molecule has 6 nitrogen and oxygen atoms in total. The zero-order chi connectivity index (χ0) is 17.6. The molecule has 1 fully saturated rings. The second-order valence-corrected chi connectivity index (χ2v) is 6.86.